The van der Waals surface area contributed by atoms with Crippen molar-refractivity contribution in [1.29, 1.82) is 0 Å². The number of nitrogens with zero attached hydrogens (tertiary/aromatic N) is 2. The summed E-state index contributed by atoms with van der Waals surface area (Å²) >= 11 is 0. The molecule has 0 spiro atoms. The van der Waals surface area contributed by atoms with Gasteiger partial charge in [0.05, 0.1) is 12.2 Å². The molecule has 138 valence electrons. The third-order valence-corrected chi connectivity index (χ3v) is 4.56. The van der Waals surface area contributed by atoms with Crippen LogP contribution in [-0.4, -0.2) is 9.78 Å². The second-order valence-electron chi connectivity index (χ2n) is 7.95. The van der Waals surface area contributed by atoms with E-state index in [4.69, 9.17) is 0 Å². The normalized spacial score (nSPS) is 11.9. The van der Waals surface area contributed by atoms with Gasteiger partial charge in [-0.25, -0.2) is 4.68 Å². The minimum Gasteiger partial charge on any atom is -0.268 e. The summed E-state index contributed by atoms with van der Waals surface area (Å²) in [5.74, 6) is 0. The van der Waals surface area contributed by atoms with E-state index in [0.29, 0.717) is 6.54 Å². The molecular weight excluding hydrogens is 332 g/mol. The van der Waals surface area contributed by atoms with Gasteiger partial charge in [-0.05, 0) is 41.2 Å². The molecule has 3 rings (SSSR count). The number of hydrogen-bond acceptors (Lipinski definition) is 2. The van der Waals surface area contributed by atoms with Gasteiger partial charge in [-0.15, -0.1) is 0 Å². The molecule has 0 N–H and O–H groups in total. The van der Waals surface area contributed by atoms with Crippen molar-refractivity contribution in [3.05, 3.63) is 99.0 Å². The van der Waals surface area contributed by atoms with Crippen LogP contribution in [0.25, 0.3) is 12.2 Å². The van der Waals surface area contributed by atoms with E-state index in [1.54, 1.807) is 12.1 Å². The lowest BCUT2D eigenvalue weighted by molar-refractivity contribution is 0.588. The molecule has 1 heterocycles. The van der Waals surface area contributed by atoms with Crippen LogP contribution in [0.4, 0.5) is 0 Å². The summed E-state index contributed by atoms with van der Waals surface area (Å²) in [5.41, 5.74) is 5.48. The first-order chi connectivity index (χ1) is 12.8. The maximum Gasteiger partial charge on any atom is 0.267 e. The van der Waals surface area contributed by atoms with Gasteiger partial charge in [-0.1, -0.05) is 80.9 Å². The molecule has 0 aliphatic rings. The van der Waals surface area contributed by atoms with Crippen molar-refractivity contribution in [3.8, 4) is 0 Å². The summed E-state index contributed by atoms with van der Waals surface area (Å²) in [6, 6.07) is 20.0. The largest absolute Gasteiger partial charge is 0.268 e. The lowest BCUT2D eigenvalue weighted by Crippen LogP contribution is -2.23. The Morgan fingerprint density at radius 1 is 0.889 bits per heavy atom. The number of hydrogen-bond donors (Lipinski definition) is 0. The van der Waals surface area contributed by atoms with E-state index in [2.05, 4.69) is 81.3 Å². The van der Waals surface area contributed by atoms with E-state index in [9.17, 15) is 4.79 Å². The van der Waals surface area contributed by atoms with E-state index >= 15 is 0 Å². The van der Waals surface area contributed by atoms with Crippen LogP contribution >= 0.6 is 0 Å². The van der Waals surface area contributed by atoms with Crippen LogP contribution in [0, 0.1) is 6.92 Å². The molecular formula is C24H26N2O. The van der Waals surface area contributed by atoms with E-state index in [1.807, 2.05) is 12.2 Å². The van der Waals surface area contributed by atoms with Gasteiger partial charge < -0.3 is 0 Å². The zero-order valence-corrected chi connectivity index (χ0v) is 16.4. The average molecular weight is 358 g/mol. The Labute approximate surface area is 161 Å². The molecule has 0 amide bonds. The monoisotopic (exact) mass is 358 g/mol. The maximum atomic E-state index is 12.2. The third kappa shape index (κ3) is 5.04. The quantitative estimate of drug-likeness (QED) is 0.653. The maximum absolute atomic E-state index is 12.2. The predicted molar refractivity (Wildman–Crippen MR) is 113 cm³/mol. The van der Waals surface area contributed by atoms with Gasteiger partial charge in [0.1, 0.15) is 0 Å². The molecule has 2 aromatic carbocycles. The zero-order valence-electron chi connectivity index (χ0n) is 16.4. The summed E-state index contributed by atoms with van der Waals surface area (Å²) in [6.45, 7) is 9.11. The summed E-state index contributed by atoms with van der Waals surface area (Å²) < 4.78 is 1.51. The second-order valence-corrected chi connectivity index (χ2v) is 7.95. The van der Waals surface area contributed by atoms with Crippen LogP contribution in [0.1, 0.15) is 48.7 Å². The van der Waals surface area contributed by atoms with Gasteiger partial charge in [-0.2, -0.15) is 5.10 Å². The summed E-state index contributed by atoms with van der Waals surface area (Å²) in [5, 5.41) is 4.49. The molecule has 0 radical (unpaired) electrons. The van der Waals surface area contributed by atoms with Crippen LogP contribution in [0.2, 0.25) is 0 Å². The van der Waals surface area contributed by atoms with Gasteiger partial charge in [0.25, 0.3) is 5.56 Å². The molecule has 27 heavy (non-hydrogen) atoms. The van der Waals surface area contributed by atoms with Crippen molar-refractivity contribution in [3.63, 3.8) is 0 Å². The molecule has 3 aromatic rings. The topological polar surface area (TPSA) is 34.9 Å². The minimum absolute atomic E-state index is 0.0950. The third-order valence-electron chi connectivity index (χ3n) is 4.56. The number of rotatable bonds is 4. The van der Waals surface area contributed by atoms with Crippen LogP contribution in [0.3, 0.4) is 0 Å². The van der Waals surface area contributed by atoms with Gasteiger partial charge >= 0.3 is 0 Å². The van der Waals surface area contributed by atoms with Crippen molar-refractivity contribution in [2.45, 2.75) is 39.7 Å². The molecule has 0 unspecified atom stereocenters. The molecule has 0 aliphatic heterocycles. The standard InChI is InChI=1S/C24H26N2O/c1-18-5-7-19(8-6-18)11-14-22-15-16-23(27)26(25-22)17-20-9-12-21(13-10-20)24(2,3)4/h5-16H,17H2,1-4H3. The summed E-state index contributed by atoms with van der Waals surface area (Å²) in [7, 11) is 0. The zero-order chi connectivity index (χ0) is 19.4. The Balaban J connectivity index is 1.79. The highest BCUT2D eigenvalue weighted by atomic mass is 16.1. The van der Waals surface area contributed by atoms with Crippen LogP contribution in [0.15, 0.2) is 65.5 Å². The average Bonchev–Trinajstić information content (AvgIpc) is 2.63. The fraction of sp³-hybridized carbons (Fsp3) is 0.250. The minimum atomic E-state index is -0.0950. The molecule has 3 nitrogen and oxygen atoms in total. The molecule has 0 bridgehead atoms. The Kier molecular flexibility index (Phi) is 5.41. The highest BCUT2D eigenvalue weighted by molar-refractivity contribution is 5.67. The fourth-order valence-electron chi connectivity index (χ4n) is 2.81. The first-order valence-corrected chi connectivity index (χ1v) is 9.24. The predicted octanol–water partition coefficient (Wildman–Crippen LogP) is 5.07. The molecule has 3 heteroatoms. The molecule has 0 saturated heterocycles. The Bertz CT molecular complexity index is 988. The Morgan fingerprint density at radius 2 is 1.56 bits per heavy atom. The van der Waals surface area contributed by atoms with Crippen LogP contribution < -0.4 is 5.56 Å². The summed E-state index contributed by atoms with van der Waals surface area (Å²) in [4.78, 5) is 12.2. The summed E-state index contributed by atoms with van der Waals surface area (Å²) in [6.07, 6.45) is 3.94. The lowest BCUT2D eigenvalue weighted by atomic mass is 9.87. The van der Waals surface area contributed by atoms with Crippen molar-refractivity contribution < 1.29 is 0 Å². The van der Waals surface area contributed by atoms with Crippen LogP contribution in [0.5, 0.6) is 0 Å². The van der Waals surface area contributed by atoms with Gasteiger partial charge in [-0.3, -0.25) is 4.79 Å². The number of aromatic nitrogens is 2. The van der Waals surface area contributed by atoms with Crippen molar-refractivity contribution in [1.82, 2.24) is 9.78 Å². The Morgan fingerprint density at radius 3 is 2.19 bits per heavy atom. The van der Waals surface area contributed by atoms with Crippen molar-refractivity contribution in [2.75, 3.05) is 0 Å². The number of aryl methyl sites for hydroxylation is 1. The first-order valence-electron chi connectivity index (χ1n) is 9.24. The SMILES string of the molecule is Cc1ccc(C=Cc2ccc(=O)n(Cc3ccc(C(C)(C)C)cc3)n2)cc1. The fourth-order valence-corrected chi connectivity index (χ4v) is 2.81. The highest BCUT2D eigenvalue weighted by Crippen LogP contribution is 2.22. The molecule has 1 aromatic heterocycles. The van der Waals surface area contributed by atoms with Crippen LogP contribution in [-0.2, 0) is 12.0 Å². The van der Waals surface area contributed by atoms with Gasteiger partial charge in [0, 0.05) is 6.07 Å². The second kappa shape index (κ2) is 7.75. The molecule has 0 aliphatic carbocycles. The van der Waals surface area contributed by atoms with E-state index in [0.717, 1.165) is 16.8 Å². The van der Waals surface area contributed by atoms with Gasteiger partial charge in [0.15, 0.2) is 0 Å². The molecule has 0 atom stereocenters. The lowest BCUT2D eigenvalue weighted by Gasteiger charge is -2.19. The smallest absolute Gasteiger partial charge is 0.267 e. The van der Waals surface area contributed by atoms with Crippen molar-refractivity contribution >= 4 is 12.2 Å². The van der Waals surface area contributed by atoms with Crippen molar-refractivity contribution in [2.24, 2.45) is 0 Å². The highest BCUT2D eigenvalue weighted by Gasteiger charge is 2.13. The first kappa shape index (κ1) is 18.8. The van der Waals surface area contributed by atoms with E-state index in [1.165, 1.54) is 15.8 Å². The molecule has 0 saturated carbocycles. The Hall–Kier alpha value is -2.94. The van der Waals surface area contributed by atoms with E-state index in [-0.39, 0.29) is 11.0 Å². The number of benzene rings is 2. The molecule has 0 fully saturated rings. The van der Waals surface area contributed by atoms with Gasteiger partial charge in [0.2, 0.25) is 0 Å². The van der Waals surface area contributed by atoms with E-state index < -0.39 is 0 Å².